The summed E-state index contributed by atoms with van der Waals surface area (Å²) in [4.78, 5) is 40.0. The van der Waals surface area contributed by atoms with Crippen molar-refractivity contribution in [3.8, 4) is 0 Å². The first-order valence-electron chi connectivity index (χ1n) is 12.6. The maximum Gasteiger partial charge on any atom is 0.137 e. The summed E-state index contributed by atoms with van der Waals surface area (Å²) in [6, 6.07) is 0. The van der Waals surface area contributed by atoms with Crippen molar-refractivity contribution in [3.05, 3.63) is 11.6 Å². The third kappa shape index (κ3) is 3.64. The summed E-state index contributed by atoms with van der Waals surface area (Å²) in [5.74, 6) is 0.00156. The topological polar surface area (TPSA) is 91.7 Å². The van der Waals surface area contributed by atoms with E-state index in [4.69, 9.17) is 0 Å². The van der Waals surface area contributed by atoms with Crippen LogP contribution in [-0.2, 0) is 14.4 Å². The van der Waals surface area contributed by atoms with Gasteiger partial charge in [0.1, 0.15) is 17.3 Å². The number of Topliss-reactive ketones (excluding diaryl/α,β-unsaturated/α-hetero) is 3. The van der Waals surface area contributed by atoms with Gasteiger partial charge in [0.15, 0.2) is 0 Å². The van der Waals surface area contributed by atoms with Crippen molar-refractivity contribution < 1.29 is 24.6 Å². The van der Waals surface area contributed by atoms with Gasteiger partial charge in [0.2, 0.25) is 0 Å². The van der Waals surface area contributed by atoms with Crippen LogP contribution in [0.1, 0.15) is 79.1 Å². The van der Waals surface area contributed by atoms with E-state index in [1.54, 1.807) is 0 Å². The van der Waals surface area contributed by atoms with Crippen LogP contribution in [0.25, 0.3) is 0 Å². The SMILES string of the molecule is CC(CO)CCC(=O)C(C)C1C(=O)CC2C3CC=C4CC(O)CCC4(C)C3C(=O)CC21C. The molecule has 0 radical (unpaired) electrons. The van der Waals surface area contributed by atoms with Gasteiger partial charge in [-0.25, -0.2) is 0 Å². The van der Waals surface area contributed by atoms with E-state index in [-0.39, 0.29) is 71.0 Å². The highest BCUT2D eigenvalue weighted by atomic mass is 16.3. The molecule has 4 aliphatic rings. The average molecular weight is 445 g/mol. The Bertz CT molecular complexity index is 830. The Morgan fingerprint density at radius 2 is 1.91 bits per heavy atom. The smallest absolute Gasteiger partial charge is 0.137 e. The van der Waals surface area contributed by atoms with Gasteiger partial charge in [-0.3, -0.25) is 14.4 Å². The van der Waals surface area contributed by atoms with Crippen molar-refractivity contribution in [2.24, 2.45) is 46.3 Å². The Kier molecular flexibility index (Phi) is 6.30. The number of carbonyl (C=O) groups is 3. The summed E-state index contributed by atoms with van der Waals surface area (Å²) in [6.07, 6.45) is 6.81. The molecule has 0 aromatic heterocycles. The number of ketones is 3. The fourth-order valence-corrected chi connectivity index (χ4v) is 8.05. The Morgan fingerprint density at radius 1 is 1.19 bits per heavy atom. The van der Waals surface area contributed by atoms with E-state index in [1.807, 2.05) is 13.8 Å². The van der Waals surface area contributed by atoms with Crippen LogP contribution in [0.5, 0.6) is 0 Å². The molecule has 178 valence electrons. The van der Waals surface area contributed by atoms with E-state index in [0.717, 1.165) is 19.3 Å². The molecule has 0 saturated heterocycles. The molecule has 5 nitrogen and oxygen atoms in total. The van der Waals surface area contributed by atoms with Crippen LogP contribution in [0.2, 0.25) is 0 Å². The zero-order valence-electron chi connectivity index (χ0n) is 20.1. The van der Waals surface area contributed by atoms with Gasteiger partial charge >= 0.3 is 0 Å². The predicted octanol–water partition coefficient (Wildman–Crippen LogP) is 3.90. The zero-order chi connectivity index (χ0) is 23.4. The van der Waals surface area contributed by atoms with Gasteiger partial charge in [0, 0.05) is 43.6 Å². The number of hydrogen-bond donors (Lipinski definition) is 2. The molecule has 0 aliphatic heterocycles. The minimum Gasteiger partial charge on any atom is -0.396 e. The summed E-state index contributed by atoms with van der Waals surface area (Å²) in [6.45, 7) is 8.15. The molecule has 0 aromatic carbocycles. The second kappa shape index (κ2) is 8.47. The summed E-state index contributed by atoms with van der Waals surface area (Å²) < 4.78 is 0. The number of hydrogen-bond acceptors (Lipinski definition) is 5. The maximum atomic E-state index is 13.7. The molecule has 3 saturated carbocycles. The molecule has 0 aromatic rings. The van der Waals surface area contributed by atoms with Crippen LogP contribution < -0.4 is 0 Å². The zero-order valence-corrected chi connectivity index (χ0v) is 20.1. The van der Waals surface area contributed by atoms with E-state index >= 15 is 0 Å². The largest absolute Gasteiger partial charge is 0.396 e. The van der Waals surface area contributed by atoms with Gasteiger partial charge in [-0.15, -0.1) is 0 Å². The summed E-state index contributed by atoms with van der Waals surface area (Å²) in [7, 11) is 0. The number of carbonyl (C=O) groups excluding carboxylic acids is 3. The third-order valence-electron chi connectivity index (χ3n) is 9.88. The minimum atomic E-state index is -0.455. The van der Waals surface area contributed by atoms with Crippen LogP contribution in [-0.4, -0.2) is 40.3 Å². The molecule has 4 rings (SSSR count). The van der Waals surface area contributed by atoms with Crippen LogP contribution in [0.15, 0.2) is 11.6 Å². The molecule has 0 spiro atoms. The first-order chi connectivity index (χ1) is 15.0. The highest BCUT2D eigenvalue weighted by molar-refractivity contribution is 5.94. The number of aliphatic hydroxyl groups excluding tert-OH is 2. The molecule has 0 amide bonds. The predicted molar refractivity (Wildman–Crippen MR) is 122 cm³/mol. The molecule has 9 atom stereocenters. The first kappa shape index (κ1) is 23.8. The lowest BCUT2D eigenvalue weighted by molar-refractivity contribution is -0.148. The molecule has 0 bridgehead atoms. The van der Waals surface area contributed by atoms with E-state index in [0.29, 0.717) is 32.1 Å². The molecule has 9 unspecified atom stereocenters. The monoisotopic (exact) mass is 444 g/mol. The third-order valence-corrected chi connectivity index (χ3v) is 9.88. The molecular formula is C27H40O5. The van der Waals surface area contributed by atoms with Gasteiger partial charge in [-0.2, -0.15) is 0 Å². The molecule has 5 heteroatoms. The van der Waals surface area contributed by atoms with E-state index in [2.05, 4.69) is 19.9 Å². The molecule has 4 aliphatic carbocycles. The molecule has 0 heterocycles. The van der Waals surface area contributed by atoms with Crippen molar-refractivity contribution >= 4 is 17.3 Å². The van der Waals surface area contributed by atoms with Gasteiger partial charge in [-0.05, 0) is 60.7 Å². The summed E-state index contributed by atoms with van der Waals surface area (Å²) >= 11 is 0. The van der Waals surface area contributed by atoms with Crippen molar-refractivity contribution in [1.82, 2.24) is 0 Å². The maximum absolute atomic E-state index is 13.7. The Balaban J connectivity index is 1.60. The highest BCUT2D eigenvalue weighted by Crippen LogP contribution is 2.65. The molecular weight excluding hydrogens is 404 g/mol. The molecule has 32 heavy (non-hydrogen) atoms. The van der Waals surface area contributed by atoms with Crippen molar-refractivity contribution in [1.29, 1.82) is 0 Å². The molecule has 2 N–H and O–H groups in total. The van der Waals surface area contributed by atoms with Gasteiger partial charge in [0.25, 0.3) is 0 Å². The normalized spacial score (nSPS) is 43.1. The second-order valence-corrected chi connectivity index (χ2v) is 11.9. The van der Waals surface area contributed by atoms with Crippen LogP contribution in [0.3, 0.4) is 0 Å². The van der Waals surface area contributed by atoms with Crippen molar-refractivity contribution in [2.75, 3.05) is 6.61 Å². The number of aliphatic hydroxyl groups is 2. The van der Waals surface area contributed by atoms with Crippen molar-refractivity contribution in [2.45, 2.75) is 85.2 Å². The standard InChI is InChI=1S/C27H40O5/c1-15(14-28)5-8-21(30)16(2)24-22(31)12-20-19-7-6-17-11-18(29)9-10-26(17,3)25(19)23(32)13-27(20,24)4/h6,15-16,18-20,24-25,28-29H,5,7-14H2,1-4H3. The Labute approximate surface area is 192 Å². The lowest BCUT2D eigenvalue weighted by atomic mass is 9.46. The number of rotatable bonds is 6. The fraction of sp³-hybridized carbons (Fsp3) is 0.815. The van der Waals surface area contributed by atoms with E-state index in [1.165, 1.54) is 5.57 Å². The van der Waals surface area contributed by atoms with Crippen LogP contribution in [0, 0.1) is 46.3 Å². The lowest BCUT2D eigenvalue weighted by Crippen LogP contribution is -2.55. The van der Waals surface area contributed by atoms with E-state index < -0.39 is 5.41 Å². The van der Waals surface area contributed by atoms with Crippen molar-refractivity contribution in [3.63, 3.8) is 0 Å². The quantitative estimate of drug-likeness (QED) is 0.606. The van der Waals surface area contributed by atoms with Gasteiger partial charge < -0.3 is 10.2 Å². The van der Waals surface area contributed by atoms with E-state index in [9.17, 15) is 24.6 Å². The van der Waals surface area contributed by atoms with Crippen LogP contribution >= 0.6 is 0 Å². The van der Waals surface area contributed by atoms with Gasteiger partial charge in [-0.1, -0.05) is 39.3 Å². The molecule has 3 fully saturated rings. The van der Waals surface area contributed by atoms with Crippen LogP contribution in [0.4, 0.5) is 0 Å². The minimum absolute atomic E-state index is 0.0622. The van der Waals surface area contributed by atoms with Gasteiger partial charge in [0.05, 0.1) is 6.10 Å². The Morgan fingerprint density at radius 3 is 2.59 bits per heavy atom. The summed E-state index contributed by atoms with van der Waals surface area (Å²) in [5, 5.41) is 19.4. The second-order valence-electron chi connectivity index (χ2n) is 11.9. The fourth-order valence-electron chi connectivity index (χ4n) is 8.05. The number of allylic oxidation sites excluding steroid dienone is 1. The highest BCUT2D eigenvalue weighted by Gasteiger charge is 2.65. The lowest BCUT2D eigenvalue weighted by Gasteiger charge is -2.56. The Hall–Kier alpha value is -1.33. The summed E-state index contributed by atoms with van der Waals surface area (Å²) in [5.41, 5.74) is 0.573. The average Bonchev–Trinajstić information content (AvgIpc) is 3.00. The number of fused-ring (bicyclic) bond motifs is 5. The first-order valence-corrected chi connectivity index (χ1v) is 12.6.